The van der Waals surface area contributed by atoms with Crippen LogP contribution in [0, 0.1) is 11.8 Å². The normalized spacial score (nSPS) is 21.6. The summed E-state index contributed by atoms with van der Waals surface area (Å²) in [6.45, 7) is 12.4. The standard InChI is InChI=1S/C41H51N5O9/c1-8-26-21(2)29-20-34-37(25(6)48)23(4)31(44-34)18-30-22(3)27(9-10-35(49)50)39(45-30)28(17-36(51)53-7)40-38(24(5)32(46-40)19-33(26)43-29)41(52)42-11-13-54-15-16-55-14-12-47/h18-20,22,27,45,47-48H,8-17H2,1-7H3,(H,42,52)(H,49,50). The van der Waals surface area contributed by atoms with Gasteiger partial charge in [0, 0.05) is 47.3 Å². The fourth-order valence-corrected chi connectivity index (χ4v) is 7.44. The lowest BCUT2D eigenvalue weighted by atomic mass is 9.84. The number of methoxy groups -OCH3 is 1. The maximum absolute atomic E-state index is 14.2. The summed E-state index contributed by atoms with van der Waals surface area (Å²) in [5, 5.41) is 36.0. The summed E-state index contributed by atoms with van der Waals surface area (Å²) in [6, 6.07) is 0. The van der Waals surface area contributed by atoms with Gasteiger partial charge in [0.15, 0.2) is 0 Å². The second-order valence-corrected chi connectivity index (χ2v) is 13.8. The van der Waals surface area contributed by atoms with Crippen LogP contribution >= 0.6 is 0 Å². The number of carbonyl (C=O) groups excluding carboxylic acids is 2. The number of esters is 1. The molecule has 5 rings (SSSR count). The predicted molar refractivity (Wildman–Crippen MR) is 208 cm³/mol. The number of hydrogen-bond acceptors (Lipinski definition) is 12. The number of carboxylic acids is 1. The van der Waals surface area contributed by atoms with Crippen LogP contribution in [-0.2, 0) is 28.6 Å². The van der Waals surface area contributed by atoms with Gasteiger partial charge >= 0.3 is 11.9 Å². The van der Waals surface area contributed by atoms with Crippen molar-refractivity contribution in [1.29, 1.82) is 0 Å². The van der Waals surface area contributed by atoms with E-state index in [9.17, 15) is 24.6 Å². The molecule has 2 unspecified atom stereocenters. The Morgan fingerprint density at radius 1 is 0.891 bits per heavy atom. The highest BCUT2D eigenvalue weighted by Gasteiger charge is 2.40. The van der Waals surface area contributed by atoms with Gasteiger partial charge < -0.3 is 40.2 Å². The number of ether oxygens (including phenoxy) is 3. The van der Waals surface area contributed by atoms with Crippen molar-refractivity contribution < 1.29 is 43.9 Å². The van der Waals surface area contributed by atoms with Crippen LogP contribution < -0.4 is 10.6 Å². The van der Waals surface area contributed by atoms with Gasteiger partial charge in [0.1, 0.15) is 0 Å². The molecule has 0 aliphatic carbocycles. The summed E-state index contributed by atoms with van der Waals surface area (Å²) in [5.74, 6) is -2.49. The molecule has 0 radical (unpaired) electrons. The molecule has 1 fully saturated rings. The van der Waals surface area contributed by atoms with Crippen LogP contribution in [0.2, 0.25) is 0 Å². The van der Waals surface area contributed by atoms with Gasteiger partial charge in [0.25, 0.3) is 5.91 Å². The van der Waals surface area contributed by atoms with Gasteiger partial charge in [-0.25, -0.2) is 15.0 Å². The van der Waals surface area contributed by atoms with E-state index in [1.165, 1.54) is 7.11 Å². The molecule has 0 aromatic carbocycles. The van der Waals surface area contributed by atoms with Crippen molar-refractivity contribution in [3.63, 3.8) is 0 Å². The molecule has 1 saturated heterocycles. The zero-order chi connectivity index (χ0) is 40.0. The second kappa shape index (κ2) is 18.0. The van der Waals surface area contributed by atoms with Crippen molar-refractivity contribution >= 4 is 35.0 Å². The lowest BCUT2D eigenvalue weighted by molar-refractivity contribution is -0.140. The third kappa shape index (κ3) is 8.87. The number of fused-ring (bicyclic) bond motifs is 5. The van der Waals surface area contributed by atoms with Crippen molar-refractivity contribution in [3.8, 4) is 0 Å². The fourth-order valence-electron chi connectivity index (χ4n) is 7.44. The van der Waals surface area contributed by atoms with Crippen LogP contribution in [0.5, 0.6) is 0 Å². The number of rotatable bonds is 15. The molecule has 0 spiro atoms. The molecule has 55 heavy (non-hydrogen) atoms. The van der Waals surface area contributed by atoms with Crippen molar-refractivity contribution in [3.05, 3.63) is 91.5 Å². The third-order valence-corrected chi connectivity index (χ3v) is 10.4. The zero-order valence-corrected chi connectivity index (χ0v) is 32.6. The van der Waals surface area contributed by atoms with Gasteiger partial charge in [0.2, 0.25) is 0 Å². The van der Waals surface area contributed by atoms with Crippen molar-refractivity contribution in [2.24, 2.45) is 26.8 Å². The van der Waals surface area contributed by atoms with Gasteiger partial charge in [-0.3, -0.25) is 14.4 Å². The number of aliphatic imine (C=N–C) groups is 3. The Hall–Kier alpha value is -5.18. The fraction of sp³-hybridized carbons (Fsp3) is 0.463. The van der Waals surface area contributed by atoms with Crippen LogP contribution in [0.15, 0.2) is 106 Å². The van der Waals surface area contributed by atoms with Crippen LogP contribution in [0.3, 0.4) is 0 Å². The Labute approximate surface area is 321 Å². The molecule has 14 heteroatoms. The predicted octanol–water partition coefficient (Wildman–Crippen LogP) is 4.84. The quantitative estimate of drug-likeness (QED) is 0.0875. The van der Waals surface area contributed by atoms with Gasteiger partial charge in [-0.15, -0.1) is 0 Å². The summed E-state index contributed by atoms with van der Waals surface area (Å²) in [7, 11) is 1.29. The Morgan fingerprint density at radius 3 is 2.24 bits per heavy atom. The van der Waals surface area contributed by atoms with E-state index in [-0.39, 0.29) is 75.2 Å². The summed E-state index contributed by atoms with van der Waals surface area (Å²) in [5.41, 5.74) is 9.15. The molecule has 5 aliphatic rings. The minimum atomic E-state index is -0.964. The summed E-state index contributed by atoms with van der Waals surface area (Å²) >= 11 is 0. The molecule has 5 N–H and O–H groups in total. The maximum atomic E-state index is 14.2. The van der Waals surface area contributed by atoms with Crippen molar-refractivity contribution in [2.75, 3.05) is 46.7 Å². The van der Waals surface area contributed by atoms with E-state index in [2.05, 4.69) is 10.6 Å². The topological polar surface area (TPSA) is 201 Å². The highest BCUT2D eigenvalue weighted by molar-refractivity contribution is 6.32. The zero-order valence-electron chi connectivity index (χ0n) is 32.6. The smallest absolute Gasteiger partial charge is 0.310 e. The Morgan fingerprint density at radius 2 is 1.58 bits per heavy atom. The number of carbonyl (C=O) groups is 3. The summed E-state index contributed by atoms with van der Waals surface area (Å²) in [6.07, 6.45) is 6.13. The van der Waals surface area contributed by atoms with Crippen LogP contribution in [0.4, 0.5) is 0 Å². The van der Waals surface area contributed by atoms with E-state index in [1.54, 1.807) is 13.8 Å². The highest BCUT2D eigenvalue weighted by Crippen LogP contribution is 2.43. The highest BCUT2D eigenvalue weighted by atomic mass is 16.5. The first-order valence-electron chi connectivity index (χ1n) is 18.6. The van der Waals surface area contributed by atoms with E-state index in [0.29, 0.717) is 64.0 Å². The Kier molecular flexibility index (Phi) is 13.4. The molecule has 294 valence electrons. The molecule has 0 aromatic rings. The van der Waals surface area contributed by atoms with Crippen LogP contribution in [0.1, 0.15) is 67.2 Å². The number of carboxylic acid groups (broad SMARTS) is 1. The van der Waals surface area contributed by atoms with Crippen LogP contribution in [-0.4, -0.2) is 97.0 Å². The lowest BCUT2D eigenvalue weighted by Gasteiger charge is -2.20. The molecular weight excluding hydrogens is 706 g/mol. The number of nitrogens with zero attached hydrogens (tertiary/aromatic N) is 3. The number of amides is 1. The third-order valence-electron chi connectivity index (χ3n) is 10.4. The Balaban J connectivity index is 1.72. The first-order chi connectivity index (χ1) is 26.3. The number of aliphatic hydroxyl groups is 2. The van der Waals surface area contributed by atoms with Crippen molar-refractivity contribution in [2.45, 2.75) is 67.2 Å². The van der Waals surface area contributed by atoms with E-state index in [0.717, 1.165) is 22.4 Å². The van der Waals surface area contributed by atoms with E-state index >= 15 is 0 Å². The Bertz CT molecular complexity index is 2000. The minimum Gasteiger partial charge on any atom is -0.512 e. The van der Waals surface area contributed by atoms with E-state index < -0.39 is 23.8 Å². The SMILES string of the molecule is CCC1=C(C)C2=CC3=NC(=C(C)C3=C(C)O)C=C3NC(=C(CC(=O)OC)C4=NC(=CC1=N2)C(C)=C4C(=O)NCCOCCOCCO)C(CCC(=O)O)C3C. The molecular formula is C41H51N5O9. The number of nitrogens with one attached hydrogen (secondary N) is 2. The average Bonchev–Trinajstić information content (AvgIpc) is 3.83. The summed E-state index contributed by atoms with van der Waals surface area (Å²) in [4.78, 5) is 54.4. The largest absolute Gasteiger partial charge is 0.512 e. The monoisotopic (exact) mass is 757 g/mol. The maximum Gasteiger partial charge on any atom is 0.310 e. The van der Waals surface area contributed by atoms with Gasteiger partial charge in [-0.05, 0) is 81.1 Å². The second-order valence-electron chi connectivity index (χ2n) is 13.8. The minimum absolute atomic E-state index is 0.0813. The first kappa shape index (κ1) is 41.0. The van der Waals surface area contributed by atoms with Gasteiger partial charge in [-0.2, -0.15) is 0 Å². The number of hydrogen-bond donors (Lipinski definition) is 5. The average molecular weight is 758 g/mol. The molecule has 5 aliphatic heterocycles. The molecule has 0 saturated carbocycles. The first-order valence-corrected chi connectivity index (χ1v) is 18.6. The van der Waals surface area contributed by atoms with Gasteiger partial charge in [0.05, 0.1) is 92.1 Å². The summed E-state index contributed by atoms with van der Waals surface area (Å²) < 4.78 is 16.0. The van der Waals surface area contributed by atoms with Gasteiger partial charge in [-0.1, -0.05) is 13.8 Å². The molecule has 1 amide bonds. The van der Waals surface area contributed by atoms with Crippen LogP contribution in [0.25, 0.3) is 0 Å². The molecule has 2 atom stereocenters. The van der Waals surface area contributed by atoms with Crippen molar-refractivity contribution in [1.82, 2.24) is 10.6 Å². The molecule has 5 heterocycles. The van der Waals surface area contributed by atoms with E-state index in [1.807, 2.05) is 45.9 Å². The molecule has 8 bridgehead atoms. The molecule has 0 aromatic heterocycles. The number of aliphatic hydroxyl groups excluding tert-OH is 2. The molecule has 14 nitrogen and oxygen atoms in total. The number of allylic oxidation sites excluding steroid dienone is 11. The number of aliphatic carboxylic acids is 1. The lowest BCUT2D eigenvalue weighted by Crippen LogP contribution is -2.33. The van der Waals surface area contributed by atoms with E-state index in [4.69, 9.17) is 34.3 Å².